The highest BCUT2D eigenvalue weighted by atomic mass is 19.1. The maximum atomic E-state index is 13.2. The number of nitrogens with one attached hydrogen (secondary N) is 1. The third-order valence-corrected chi connectivity index (χ3v) is 6.07. The lowest BCUT2D eigenvalue weighted by molar-refractivity contribution is 0.318. The zero-order valence-corrected chi connectivity index (χ0v) is 17.4. The van der Waals surface area contributed by atoms with Crippen molar-refractivity contribution in [3.63, 3.8) is 0 Å². The zero-order chi connectivity index (χ0) is 22.4. The average Bonchev–Trinajstić information content (AvgIpc) is 3.14. The van der Waals surface area contributed by atoms with Crippen LogP contribution in [0, 0.1) is 24.1 Å². The number of nitrogens with zero attached hydrogens (tertiary/aromatic N) is 7. The summed E-state index contributed by atoms with van der Waals surface area (Å²) < 4.78 is 14.8. The molecule has 1 aliphatic rings. The van der Waals surface area contributed by atoms with Crippen molar-refractivity contribution in [1.29, 1.82) is 5.26 Å². The molecule has 5 rings (SSSR count). The van der Waals surface area contributed by atoms with Crippen LogP contribution >= 0.6 is 0 Å². The van der Waals surface area contributed by atoms with Crippen molar-refractivity contribution in [2.24, 2.45) is 0 Å². The first kappa shape index (κ1) is 19.9. The van der Waals surface area contributed by atoms with Crippen LogP contribution in [0.15, 0.2) is 35.5 Å². The quantitative estimate of drug-likeness (QED) is 0.527. The molecule has 4 heterocycles. The highest BCUT2D eigenvalue weighted by Gasteiger charge is 2.38. The van der Waals surface area contributed by atoms with E-state index in [0.717, 1.165) is 36.5 Å². The Bertz CT molecular complexity index is 1400. The predicted molar refractivity (Wildman–Crippen MR) is 112 cm³/mol. The third-order valence-electron chi connectivity index (χ3n) is 6.07. The van der Waals surface area contributed by atoms with E-state index in [9.17, 15) is 14.4 Å². The van der Waals surface area contributed by atoms with Gasteiger partial charge in [-0.05, 0) is 38.3 Å². The number of fused-ring (bicyclic) bond motifs is 1. The molecule has 4 aromatic rings. The number of pyridine rings is 1. The molecule has 9 nitrogen and oxygen atoms in total. The number of aromatic nitrogens is 7. The fourth-order valence-electron chi connectivity index (χ4n) is 4.10. The van der Waals surface area contributed by atoms with Gasteiger partial charge in [0.1, 0.15) is 23.1 Å². The molecule has 0 amide bonds. The Balaban J connectivity index is 1.60. The molecule has 1 aliphatic carbocycles. The van der Waals surface area contributed by atoms with Crippen LogP contribution in [0.2, 0.25) is 0 Å². The van der Waals surface area contributed by atoms with E-state index >= 15 is 0 Å². The van der Waals surface area contributed by atoms with Crippen LogP contribution in [0.1, 0.15) is 66.2 Å². The molecule has 3 atom stereocenters. The highest BCUT2D eigenvalue weighted by Crippen LogP contribution is 2.46. The molecule has 160 valence electrons. The topological polar surface area (TPSA) is 126 Å². The summed E-state index contributed by atoms with van der Waals surface area (Å²) in [6.07, 6.45) is 5.63. The Hall–Kier alpha value is -4.00. The number of nitriles is 1. The second-order valence-electron chi connectivity index (χ2n) is 8.01. The average molecular weight is 430 g/mol. The lowest BCUT2D eigenvalue weighted by Gasteiger charge is -2.34. The van der Waals surface area contributed by atoms with Crippen molar-refractivity contribution >= 4 is 11.0 Å². The summed E-state index contributed by atoms with van der Waals surface area (Å²) in [6, 6.07) is 5.55. The molecule has 1 N–H and O–H groups in total. The summed E-state index contributed by atoms with van der Waals surface area (Å²) in [6.45, 7) is 3.82. The predicted octanol–water partition coefficient (Wildman–Crippen LogP) is 2.89. The van der Waals surface area contributed by atoms with Crippen LogP contribution in [0.4, 0.5) is 4.39 Å². The first-order chi connectivity index (χ1) is 15.5. The van der Waals surface area contributed by atoms with Crippen molar-refractivity contribution in [2.45, 2.75) is 44.6 Å². The summed E-state index contributed by atoms with van der Waals surface area (Å²) >= 11 is 0. The van der Waals surface area contributed by atoms with Gasteiger partial charge in [0.05, 0.1) is 18.4 Å². The fraction of sp³-hybridized carbons (Fsp3) is 0.318. The van der Waals surface area contributed by atoms with E-state index in [0.29, 0.717) is 17.3 Å². The van der Waals surface area contributed by atoms with E-state index in [-0.39, 0.29) is 29.0 Å². The molecular formula is C22H19FN8O. The minimum Gasteiger partial charge on any atom is -0.310 e. The number of hydrogen-bond acceptors (Lipinski definition) is 7. The standard InChI is InChI=1S/C22H19FN8O/c1-11-3-4-13(8-25-11)12(2)31-21-18(17(7-24)30-31)22(32)29-20(28-21)16-6-5-15(16)19-26-9-14(23)10-27-19/h3-4,8-10,12,15-16H,5-6H2,1-2H3,(H,28,29,32)/t12-,15-,16-/m0/s1. The first-order valence-corrected chi connectivity index (χ1v) is 10.3. The van der Waals surface area contributed by atoms with Crippen LogP contribution in [0.5, 0.6) is 0 Å². The molecule has 0 radical (unpaired) electrons. The molecule has 10 heteroatoms. The van der Waals surface area contributed by atoms with Gasteiger partial charge in [-0.15, -0.1) is 0 Å². The normalized spacial score (nSPS) is 18.8. The summed E-state index contributed by atoms with van der Waals surface area (Å²) in [5.41, 5.74) is 1.74. The minimum absolute atomic E-state index is 0.0271. The Morgan fingerprint density at radius 2 is 1.94 bits per heavy atom. The van der Waals surface area contributed by atoms with Crippen molar-refractivity contribution in [3.8, 4) is 6.07 Å². The summed E-state index contributed by atoms with van der Waals surface area (Å²) in [7, 11) is 0. The van der Waals surface area contributed by atoms with Crippen LogP contribution in [-0.4, -0.2) is 34.7 Å². The van der Waals surface area contributed by atoms with Crippen LogP contribution < -0.4 is 5.56 Å². The monoisotopic (exact) mass is 430 g/mol. The summed E-state index contributed by atoms with van der Waals surface area (Å²) in [4.78, 5) is 33.0. The molecular weight excluding hydrogens is 411 g/mol. The van der Waals surface area contributed by atoms with Crippen LogP contribution in [0.25, 0.3) is 11.0 Å². The van der Waals surface area contributed by atoms with Gasteiger partial charge in [-0.25, -0.2) is 24.0 Å². The van der Waals surface area contributed by atoms with Crippen molar-refractivity contribution in [3.05, 3.63) is 75.5 Å². The van der Waals surface area contributed by atoms with Gasteiger partial charge in [-0.2, -0.15) is 10.4 Å². The number of halogens is 1. The summed E-state index contributed by atoms with van der Waals surface area (Å²) in [5, 5.41) is 14.1. The molecule has 0 bridgehead atoms. The maximum absolute atomic E-state index is 13.2. The van der Waals surface area contributed by atoms with E-state index < -0.39 is 11.4 Å². The SMILES string of the molecule is Cc1ccc([C@H](C)n2nc(C#N)c3c(=O)[nH]c([C@H]4CC[C@@H]4c4ncc(F)cn4)nc32)cn1. The van der Waals surface area contributed by atoms with Crippen LogP contribution in [0.3, 0.4) is 0 Å². The van der Waals surface area contributed by atoms with Gasteiger partial charge < -0.3 is 4.98 Å². The van der Waals surface area contributed by atoms with Crippen LogP contribution in [-0.2, 0) is 0 Å². The van der Waals surface area contributed by atoms with E-state index in [1.165, 1.54) is 0 Å². The zero-order valence-electron chi connectivity index (χ0n) is 17.4. The van der Waals surface area contributed by atoms with Gasteiger partial charge in [0, 0.05) is 23.7 Å². The van der Waals surface area contributed by atoms with Gasteiger partial charge >= 0.3 is 0 Å². The highest BCUT2D eigenvalue weighted by molar-refractivity contribution is 5.80. The molecule has 0 aromatic carbocycles. The Morgan fingerprint density at radius 1 is 1.19 bits per heavy atom. The number of H-pyrrole nitrogens is 1. The van der Waals surface area contributed by atoms with E-state index in [4.69, 9.17) is 4.98 Å². The Labute approximate surface area is 182 Å². The molecule has 4 aromatic heterocycles. The maximum Gasteiger partial charge on any atom is 0.263 e. The molecule has 1 fully saturated rings. The largest absolute Gasteiger partial charge is 0.310 e. The molecule has 0 saturated heterocycles. The van der Waals surface area contributed by atoms with Crippen molar-refractivity contribution in [1.82, 2.24) is 34.7 Å². The van der Waals surface area contributed by atoms with Gasteiger partial charge in [0.2, 0.25) is 0 Å². The number of aryl methyl sites for hydroxylation is 1. The first-order valence-electron chi connectivity index (χ1n) is 10.3. The number of rotatable bonds is 4. The molecule has 32 heavy (non-hydrogen) atoms. The Kier molecular flexibility index (Phi) is 4.74. The van der Waals surface area contributed by atoms with Gasteiger partial charge in [-0.3, -0.25) is 9.78 Å². The van der Waals surface area contributed by atoms with Crippen molar-refractivity contribution < 1.29 is 4.39 Å². The second kappa shape index (κ2) is 7.60. The smallest absolute Gasteiger partial charge is 0.263 e. The molecule has 1 saturated carbocycles. The minimum atomic E-state index is -0.495. The lowest BCUT2D eigenvalue weighted by Crippen LogP contribution is -2.28. The second-order valence-corrected chi connectivity index (χ2v) is 8.01. The molecule has 0 unspecified atom stereocenters. The Morgan fingerprint density at radius 3 is 2.56 bits per heavy atom. The lowest BCUT2D eigenvalue weighted by atomic mass is 9.72. The van der Waals surface area contributed by atoms with Gasteiger partial charge in [-0.1, -0.05) is 6.07 Å². The number of hydrogen-bond donors (Lipinski definition) is 1. The van der Waals surface area contributed by atoms with Gasteiger partial charge in [0.25, 0.3) is 5.56 Å². The van der Waals surface area contributed by atoms with Crippen molar-refractivity contribution in [2.75, 3.05) is 0 Å². The van der Waals surface area contributed by atoms with E-state index in [1.54, 1.807) is 10.9 Å². The summed E-state index contributed by atoms with van der Waals surface area (Å²) in [5.74, 6) is 0.344. The van der Waals surface area contributed by atoms with Gasteiger partial charge in [0.15, 0.2) is 17.2 Å². The fourth-order valence-corrected chi connectivity index (χ4v) is 4.10. The molecule has 0 spiro atoms. The molecule has 0 aliphatic heterocycles. The van der Waals surface area contributed by atoms with E-state index in [1.807, 2.05) is 32.0 Å². The number of aromatic amines is 1. The van der Waals surface area contributed by atoms with E-state index in [2.05, 4.69) is 25.0 Å². The third kappa shape index (κ3) is 3.22.